The second-order valence-electron chi connectivity index (χ2n) is 7.03. The number of aromatic hydroxyl groups is 1. The number of benzene rings is 1. The number of phenolic OH excluding ortho intramolecular Hbond substituents is 1. The van der Waals surface area contributed by atoms with E-state index in [9.17, 15) is 5.11 Å². The molecule has 6 nitrogen and oxygen atoms in total. The van der Waals surface area contributed by atoms with E-state index in [1.54, 1.807) is 19.2 Å². The summed E-state index contributed by atoms with van der Waals surface area (Å²) in [6.45, 7) is 9.79. The number of ether oxygens (including phenoxy) is 1. The predicted octanol–water partition coefficient (Wildman–Crippen LogP) is 1.60. The van der Waals surface area contributed by atoms with Crippen molar-refractivity contribution in [1.29, 1.82) is 0 Å². The van der Waals surface area contributed by atoms with Crippen LogP contribution >= 0.6 is 0 Å². The number of phenols is 1. The molecule has 3 N–H and O–H groups in total. The zero-order valence-corrected chi connectivity index (χ0v) is 15.7. The average Bonchev–Trinajstić information content (AvgIpc) is 2.63. The molecule has 1 saturated heterocycles. The summed E-state index contributed by atoms with van der Waals surface area (Å²) in [5, 5.41) is 16.1. The largest absolute Gasteiger partial charge is 0.508 e. The number of hydrogen-bond acceptors (Lipinski definition) is 4. The van der Waals surface area contributed by atoms with Crippen LogP contribution in [-0.4, -0.2) is 67.9 Å². The van der Waals surface area contributed by atoms with Crippen LogP contribution in [0.1, 0.15) is 25.8 Å². The van der Waals surface area contributed by atoms with Gasteiger partial charge in [-0.2, -0.15) is 0 Å². The predicted molar refractivity (Wildman–Crippen MR) is 102 cm³/mol. The zero-order valence-electron chi connectivity index (χ0n) is 15.7. The quantitative estimate of drug-likeness (QED) is 0.397. The fraction of sp³-hybridized carbons (Fsp3) is 0.632. The average molecular weight is 348 g/mol. The molecular formula is C19H32N4O2. The number of aryl methyl sites for hydroxylation is 1. The van der Waals surface area contributed by atoms with E-state index in [1.807, 2.05) is 12.1 Å². The van der Waals surface area contributed by atoms with E-state index in [4.69, 9.17) is 4.74 Å². The van der Waals surface area contributed by atoms with Gasteiger partial charge in [0.15, 0.2) is 5.96 Å². The van der Waals surface area contributed by atoms with Crippen molar-refractivity contribution in [2.24, 2.45) is 4.99 Å². The lowest BCUT2D eigenvalue weighted by atomic mass is 10.0. The SMILES string of the molecule is CN=C(NCCCc1ccc(O)cc1)NCC(C)(C)N1CCOCC1. The van der Waals surface area contributed by atoms with Crippen molar-refractivity contribution < 1.29 is 9.84 Å². The van der Waals surface area contributed by atoms with Crippen molar-refractivity contribution in [3.63, 3.8) is 0 Å². The Balaban J connectivity index is 1.68. The van der Waals surface area contributed by atoms with Gasteiger partial charge in [0.2, 0.25) is 0 Å². The summed E-state index contributed by atoms with van der Waals surface area (Å²) in [4.78, 5) is 6.77. The maximum atomic E-state index is 9.31. The highest BCUT2D eigenvalue weighted by Gasteiger charge is 2.28. The van der Waals surface area contributed by atoms with Crippen molar-refractivity contribution >= 4 is 5.96 Å². The molecule has 1 aromatic rings. The van der Waals surface area contributed by atoms with Gasteiger partial charge in [-0.15, -0.1) is 0 Å². The normalized spacial score (nSPS) is 16.7. The lowest BCUT2D eigenvalue weighted by Gasteiger charge is -2.41. The lowest BCUT2D eigenvalue weighted by molar-refractivity contribution is -0.00833. The first-order valence-electron chi connectivity index (χ1n) is 9.06. The van der Waals surface area contributed by atoms with Crippen LogP contribution in [0.4, 0.5) is 0 Å². The molecule has 0 atom stereocenters. The number of morpholine rings is 1. The lowest BCUT2D eigenvalue weighted by Crippen LogP contribution is -2.56. The summed E-state index contributed by atoms with van der Waals surface area (Å²) in [7, 11) is 1.80. The van der Waals surface area contributed by atoms with E-state index >= 15 is 0 Å². The van der Waals surface area contributed by atoms with Crippen LogP contribution in [0.25, 0.3) is 0 Å². The first kappa shape index (κ1) is 19.5. The number of nitrogens with zero attached hydrogens (tertiary/aromatic N) is 2. The van der Waals surface area contributed by atoms with E-state index in [1.165, 1.54) is 5.56 Å². The van der Waals surface area contributed by atoms with Crippen LogP contribution in [0.2, 0.25) is 0 Å². The van der Waals surface area contributed by atoms with Gasteiger partial charge in [0.25, 0.3) is 0 Å². The summed E-state index contributed by atoms with van der Waals surface area (Å²) in [6.07, 6.45) is 1.99. The van der Waals surface area contributed by atoms with Gasteiger partial charge >= 0.3 is 0 Å². The Morgan fingerprint density at radius 3 is 2.52 bits per heavy atom. The van der Waals surface area contributed by atoms with Gasteiger partial charge < -0.3 is 20.5 Å². The molecule has 25 heavy (non-hydrogen) atoms. The molecule has 1 aliphatic heterocycles. The fourth-order valence-corrected chi connectivity index (χ4v) is 2.96. The second kappa shape index (κ2) is 9.63. The molecule has 0 aliphatic carbocycles. The molecule has 1 aliphatic rings. The third-order valence-electron chi connectivity index (χ3n) is 4.65. The Hall–Kier alpha value is -1.79. The molecule has 0 amide bonds. The van der Waals surface area contributed by atoms with Crippen LogP contribution in [0.15, 0.2) is 29.3 Å². The Labute approximate surface area is 151 Å². The molecule has 2 rings (SSSR count). The topological polar surface area (TPSA) is 69.1 Å². The first-order valence-corrected chi connectivity index (χ1v) is 9.06. The van der Waals surface area contributed by atoms with E-state index in [0.29, 0.717) is 5.75 Å². The number of guanidine groups is 1. The van der Waals surface area contributed by atoms with E-state index in [-0.39, 0.29) is 5.54 Å². The summed E-state index contributed by atoms with van der Waals surface area (Å²) < 4.78 is 5.44. The minimum absolute atomic E-state index is 0.0629. The Morgan fingerprint density at radius 2 is 1.88 bits per heavy atom. The number of aliphatic imine (C=N–C) groups is 1. The zero-order chi connectivity index (χ0) is 18.1. The highest BCUT2D eigenvalue weighted by atomic mass is 16.5. The Bertz CT molecular complexity index is 537. The monoisotopic (exact) mass is 348 g/mol. The minimum atomic E-state index is 0.0629. The summed E-state index contributed by atoms with van der Waals surface area (Å²) >= 11 is 0. The highest BCUT2D eigenvalue weighted by Crippen LogP contribution is 2.15. The van der Waals surface area contributed by atoms with Gasteiger partial charge in [0.1, 0.15) is 5.75 Å². The van der Waals surface area contributed by atoms with E-state index < -0.39 is 0 Å². The molecule has 0 saturated carbocycles. The molecule has 0 unspecified atom stereocenters. The summed E-state index contributed by atoms with van der Waals surface area (Å²) in [5.74, 6) is 1.15. The smallest absolute Gasteiger partial charge is 0.191 e. The van der Waals surface area contributed by atoms with E-state index in [0.717, 1.165) is 58.2 Å². The second-order valence-corrected chi connectivity index (χ2v) is 7.03. The molecule has 0 radical (unpaired) electrons. The number of nitrogens with one attached hydrogen (secondary N) is 2. The first-order chi connectivity index (χ1) is 12.0. The van der Waals surface area contributed by atoms with Crippen LogP contribution in [-0.2, 0) is 11.2 Å². The van der Waals surface area contributed by atoms with Gasteiger partial charge in [0.05, 0.1) is 13.2 Å². The summed E-state index contributed by atoms with van der Waals surface area (Å²) in [5.41, 5.74) is 1.30. The maximum absolute atomic E-state index is 9.31. The van der Waals surface area contributed by atoms with Crippen molar-refractivity contribution in [2.45, 2.75) is 32.2 Å². The molecule has 6 heteroatoms. The van der Waals surface area contributed by atoms with Gasteiger partial charge in [-0.25, -0.2) is 0 Å². The molecule has 1 aromatic carbocycles. The molecule has 0 aromatic heterocycles. The van der Waals surface area contributed by atoms with E-state index in [2.05, 4.69) is 34.4 Å². The van der Waals surface area contributed by atoms with Crippen molar-refractivity contribution in [3.8, 4) is 5.75 Å². The maximum Gasteiger partial charge on any atom is 0.191 e. The van der Waals surface area contributed by atoms with Crippen LogP contribution in [0, 0.1) is 0 Å². The number of rotatable bonds is 7. The molecule has 1 fully saturated rings. The van der Waals surface area contributed by atoms with Crippen molar-refractivity contribution in [2.75, 3.05) is 46.4 Å². The van der Waals surface area contributed by atoms with Crippen molar-refractivity contribution in [1.82, 2.24) is 15.5 Å². The van der Waals surface area contributed by atoms with Crippen LogP contribution in [0.5, 0.6) is 5.75 Å². The standard InChI is InChI=1S/C19H32N4O2/c1-19(2,23-11-13-25-14-12-23)15-22-18(20-3)21-10-4-5-16-6-8-17(24)9-7-16/h6-9,24H,4-5,10-15H2,1-3H3,(H2,20,21,22). The van der Waals surface area contributed by atoms with Gasteiger partial charge in [0, 0.05) is 38.8 Å². The fourth-order valence-electron chi connectivity index (χ4n) is 2.96. The Morgan fingerprint density at radius 1 is 1.20 bits per heavy atom. The summed E-state index contributed by atoms with van der Waals surface area (Å²) in [6, 6.07) is 7.40. The molecule has 140 valence electrons. The molecule has 0 bridgehead atoms. The Kier molecular flexibility index (Phi) is 7.52. The molecule has 1 heterocycles. The molecule has 0 spiro atoms. The van der Waals surface area contributed by atoms with Crippen molar-refractivity contribution in [3.05, 3.63) is 29.8 Å². The molecular weight excluding hydrogens is 316 g/mol. The van der Waals surface area contributed by atoms with Crippen LogP contribution < -0.4 is 10.6 Å². The minimum Gasteiger partial charge on any atom is -0.508 e. The third kappa shape index (κ3) is 6.55. The third-order valence-corrected chi connectivity index (χ3v) is 4.65. The number of hydrogen-bond donors (Lipinski definition) is 3. The van der Waals surface area contributed by atoms with Gasteiger partial charge in [-0.3, -0.25) is 9.89 Å². The van der Waals surface area contributed by atoms with Crippen LogP contribution in [0.3, 0.4) is 0 Å². The van der Waals surface area contributed by atoms with Gasteiger partial charge in [-0.1, -0.05) is 12.1 Å². The van der Waals surface area contributed by atoms with Gasteiger partial charge in [-0.05, 0) is 44.4 Å². The highest BCUT2D eigenvalue weighted by molar-refractivity contribution is 5.79.